The molecular formula is C32H39FN8O2. The quantitative estimate of drug-likeness (QED) is 0.371. The molecule has 2 N–H and O–H groups in total. The van der Waals surface area contributed by atoms with E-state index in [0.717, 1.165) is 62.7 Å². The number of rotatable bonds is 9. The predicted octanol–water partition coefficient (Wildman–Crippen LogP) is 4.08. The molecule has 0 aromatic carbocycles. The molecule has 11 heteroatoms. The first kappa shape index (κ1) is 27.9. The second-order valence-corrected chi connectivity index (χ2v) is 12.8. The van der Waals surface area contributed by atoms with Crippen LogP contribution in [-0.2, 0) is 4.79 Å². The van der Waals surface area contributed by atoms with Gasteiger partial charge in [0.15, 0.2) is 5.82 Å². The number of anilines is 2. The van der Waals surface area contributed by atoms with E-state index in [9.17, 15) is 4.79 Å². The molecule has 0 atom stereocenters. The molecule has 1 amide bonds. The normalized spacial score (nSPS) is 19.8. The highest BCUT2D eigenvalue weighted by atomic mass is 19.1. The lowest BCUT2D eigenvalue weighted by Gasteiger charge is -2.40. The van der Waals surface area contributed by atoms with Gasteiger partial charge in [-0.05, 0) is 87.7 Å². The molecule has 3 aromatic heterocycles. The Labute approximate surface area is 251 Å². The number of hydrogen-bond donors (Lipinski definition) is 1. The van der Waals surface area contributed by atoms with E-state index >= 15 is 4.39 Å². The van der Waals surface area contributed by atoms with Crippen molar-refractivity contribution >= 4 is 28.4 Å². The third-order valence-corrected chi connectivity index (χ3v) is 9.76. The summed E-state index contributed by atoms with van der Waals surface area (Å²) in [7, 11) is 1.93. The standard InChI is InChI=1S/C32H39FN8O2/c1-4-24(42)40-16-20(17-40)15-39(3)30-22-14-35-29(28-25(21-7-8-21)19(2)13-23(34)36-28)26(33)27(22)37-31(38-30)43-18-32-9-5-11-41(32)12-6-10-32/h4,13-14,20-21H,1,5-12,15-18H2,2-3H3,(H2,34,36). The molecule has 0 spiro atoms. The van der Waals surface area contributed by atoms with E-state index < -0.39 is 5.82 Å². The Morgan fingerprint density at radius 3 is 2.65 bits per heavy atom. The zero-order chi connectivity index (χ0) is 29.9. The summed E-state index contributed by atoms with van der Waals surface area (Å²) in [5, 5.41) is 0.504. The third kappa shape index (κ3) is 4.97. The van der Waals surface area contributed by atoms with E-state index in [1.165, 1.54) is 6.08 Å². The number of pyridine rings is 2. The molecule has 1 saturated carbocycles. The molecule has 3 saturated heterocycles. The van der Waals surface area contributed by atoms with Crippen LogP contribution >= 0.6 is 0 Å². The topological polar surface area (TPSA) is 114 Å². The first-order chi connectivity index (χ1) is 20.8. The Bertz CT molecular complexity index is 1590. The molecule has 3 aliphatic heterocycles. The zero-order valence-electron chi connectivity index (χ0n) is 25.0. The van der Waals surface area contributed by atoms with E-state index in [2.05, 4.69) is 26.4 Å². The first-order valence-electron chi connectivity index (χ1n) is 15.4. The number of likely N-dealkylation sites (tertiary alicyclic amines) is 1. The van der Waals surface area contributed by atoms with Gasteiger partial charge < -0.3 is 20.3 Å². The van der Waals surface area contributed by atoms with Crippen LogP contribution in [0.1, 0.15) is 55.6 Å². The highest BCUT2D eigenvalue weighted by molar-refractivity contribution is 5.92. The third-order valence-electron chi connectivity index (χ3n) is 9.76. The lowest BCUT2D eigenvalue weighted by Crippen LogP contribution is -2.53. The SMILES string of the molecule is C=CC(=O)N1CC(CN(C)c2nc(OCC34CCCN3CCC4)nc3c(F)c(-c4nc(N)cc(C)c4C4CC4)ncc23)C1. The number of amides is 1. The molecule has 43 heavy (non-hydrogen) atoms. The number of nitrogens with zero attached hydrogens (tertiary/aromatic N) is 7. The van der Waals surface area contributed by atoms with Crippen molar-refractivity contribution in [1.29, 1.82) is 0 Å². The molecule has 10 nitrogen and oxygen atoms in total. The number of ether oxygens (including phenoxy) is 1. The number of aryl methyl sites for hydroxylation is 1. The van der Waals surface area contributed by atoms with Crippen LogP contribution in [0.25, 0.3) is 22.3 Å². The van der Waals surface area contributed by atoms with Crippen molar-refractivity contribution in [2.24, 2.45) is 5.92 Å². The van der Waals surface area contributed by atoms with Crippen LogP contribution in [0, 0.1) is 18.7 Å². The molecule has 3 aromatic rings. The van der Waals surface area contributed by atoms with Crippen LogP contribution in [0.4, 0.5) is 16.0 Å². The Balaban J connectivity index is 1.26. The van der Waals surface area contributed by atoms with Crippen molar-refractivity contribution in [2.75, 3.05) is 57.0 Å². The van der Waals surface area contributed by atoms with Crippen molar-refractivity contribution in [1.82, 2.24) is 29.7 Å². The number of nitrogen functional groups attached to an aromatic ring is 1. The number of carbonyl (C=O) groups excluding carboxylic acids is 1. The van der Waals surface area contributed by atoms with Crippen LogP contribution in [-0.4, -0.2) is 87.6 Å². The molecule has 0 radical (unpaired) electrons. The molecule has 6 heterocycles. The van der Waals surface area contributed by atoms with E-state index in [1.54, 1.807) is 11.1 Å². The number of carbonyl (C=O) groups is 1. The molecular weight excluding hydrogens is 547 g/mol. The van der Waals surface area contributed by atoms with Gasteiger partial charge in [-0.1, -0.05) is 6.58 Å². The van der Waals surface area contributed by atoms with E-state index in [4.69, 9.17) is 15.5 Å². The minimum Gasteiger partial charge on any atom is -0.461 e. The maximum atomic E-state index is 16.6. The minimum atomic E-state index is -0.549. The van der Waals surface area contributed by atoms with Gasteiger partial charge in [0, 0.05) is 38.8 Å². The summed E-state index contributed by atoms with van der Waals surface area (Å²) in [6.45, 7) is 10.1. The fraction of sp³-hybridized carbons (Fsp3) is 0.531. The Morgan fingerprint density at radius 1 is 1.21 bits per heavy atom. The van der Waals surface area contributed by atoms with Crippen molar-refractivity contribution in [3.8, 4) is 17.4 Å². The fourth-order valence-electron chi connectivity index (χ4n) is 7.45. The van der Waals surface area contributed by atoms with Crippen LogP contribution in [0.5, 0.6) is 6.01 Å². The molecule has 1 aliphatic carbocycles. The van der Waals surface area contributed by atoms with Crippen LogP contribution in [0.2, 0.25) is 0 Å². The fourth-order valence-corrected chi connectivity index (χ4v) is 7.45. The monoisotopic (exact) mass is 586 g/mol. The largest absolute Gasteiger partial charge is 0.461 e. The van der Waals surface area contributed by atoms with Crippen molar-refractivity contribution in [3.05, 3.63) is 41.9 Å². The number of hydrogen-bond acceptors (Lipinski definition) is 9. The van der Waals surface area contributed by atoms with Gasteiger partial charge in [0.25, 0.3) is 0 Å². The smallest absolute Gasteiger partial charge is 0.319 e. The second kappa shape index (κ2) is 10.7. The van der Waals surface area contributed by atoms with Gasteiger partial charge in [-0.3, -0.25) is 14.7 Å². The lowest BCUT2D eigenvalue weighted by atomic mass is 9.95. The average molecular weight is 587 g/mol. The highest BCUT2D eigenvalue weighted by Gasteiger charge is 2.45. The number of aromatic nitrogens is 4. The van der Waals surface area contributed by atoms with Gasteiger partial charge in [-0.15, -0.1) is 0 Å². The Hall–Kier alpha value is -3.86. The van der Waals surface area contributed by atoms with Gasteiger partial charge >= 0.3 is 6.01 Å². The Kier molecular flexibility index (Phi) is 6.95. The number of nitrogens with two attached hydrogens (primary N) is 1. The summed E-state index contributed by atoms with van der Waals surface area (Å²) < 4.78 is 22.9. The predicted molar refractivity (Wildman–Crippen MR) is 163 cm³/mol. The van der Waals surface area contributed by atoms with Gasteiger partial charge in [-0.25, -0.2) is 9.37 Å². The Morgan fingerprint density at radius 2 is 1.95 bits per heavy atom. The van der Waals surface area contributed by atoms with E-state index in [0.29, 0.717) is 54.9 Å². The summed E-state index contributed by atoms with van der Waals surface area (Å²) in [5.74, 6) is 0.867. The van der Waals surface area contributed by atoms with Gasteiger partial charge in [0.2, 0.25) is 5.91 Å². The van der Waals surface area contributed by atoms with Crippen molar-refractivity contribution in [2.45, 2.75) is 56.9 Å². The molecule has 7 rings (SSSR count). The van der Waals surface area contributed by atoms with Crippen LogP contribution in [0.3, 0.4) is 0 Å². The average Bonchev–Trinajstić information content (AvgIpc) is 3.59. The van der Waals surface area contributed by atoms with Crippen molar-refractivity contribution in [3.63, 3.8) is 0 Å². The summed E-state index contributed by atoms with van der Waals surface area (Å²) in [6, 6.07) is 2.01. The molecule has 4 aliphatic rings. The summed E-state index contributed by atoms with van der Waals surface area (Å²) in [5.41, 5.74) is 8.94. The first-order valence-corrected chi connectivity index (χ1v) is 15.4. The molecule has 0 bridgehead atoms. The summed E-state index contributed by atoms with van der Waals surface area (Å²) in [6.07, 6.45) is 9.55. The lowest BCUT2D eigenvalue weighted by molar-refractivity contribution is -0.131. The van der Waals surface area contributed by atoms with Crippen LogP contribution < -0.4 is 15.4 Å². The van der Waals surface area contributed by atoms with E-state index in [-0.39, 0.29) is 34.6 Å². The van der Waals surface area contributed by atoms with Gasteiger partial charge in [0.1, 0.15) is 29.5 Å². The van der Waals surface area contributed by atoms with Crippen LogP contribution in [0.15, 0.2) is 24.9 Å². The minimum absolute atomic E-state index is 0.00157. The number of fused-ring (bicyclic) bond motifs is 2. The van der Waals surface area contributed by atoms with Gasteiger partial charge in [0.05, 0.1) is 16.6 Å². The highest BCUT2D eigenvalue weighted by Crippen LogP contribution is 2.46. The summed E-state index contributed by atoms with van der Waals surface area (Å²) >= 11 is 0. The van der Waals surface area contributed by atoms with Gasteiger partial charge in [-0.2, -0.15) is 9.97 Å². The second-order valence-electron chi connectivity index (χ2n) is 12.8. The maximum Gasteiger partial charge on any atom is 0.319 e. The molecule has 4 fully saturated rings. The van der Waals surface area contributed by atoms with E-state index in [1.807, 2.05) is 24.9 Å². The molecule has 226 valence electrons. The summed E-state index contributed by atoms with van der Waals surface area (Å²) in [4.78, 5) is 36.9. The zero-order valence-corrected chi connectivity index (χ0v) is 25.0. The van der Waals surface area contributed by atoms with Crippen molar-refractivity contribution < 1.29 is 13.9 Å². The molecule has 0 unspecified atom stereocenters. The maximum absolute atomic E-state index is 16.6. The number of halogens is 1.